The van der Waals surface area contributed by atoms with Crippen molar-refractivity contribution in [2.75, 3.05) is 6.61 Å². The van der Waals surface area contributed by atoms with E-state index >= 15 is 0 Å². The molecule has 0 saturated carbocycles. The maximum absolute atomic E-state index is 13.0. The van der Waals surface area contributed by atoms with Crippen molar-refractivity contribution in [3.63, 3.8) is 0 Å². The summed E-state index contributed by atoms with van der Waals surface area (Å²) in [5, 5.41) is 16.1. The summed E-state index contributed by atoms with van der Waals surface area (Å²) >= 11 is 0. The van der Waals surface area contributed by atoms with E-state index in [1.807, 2.05) is 6.92 Å². The Kier molecular flexibility index (Phi) is 5.27. The fourth-order valence-corrected chi connectivity index (χ4v) is 2.27. The van der Waals surface area contributed by atoms with Gasteiger partial charge in [-0.2, -0.15) is 5.10 Å². The van der Waals surface area contributed by atoms with Gasteiger partial charge in [-0.1, -0.05) is 6.92 Å². The lowest BCUT2D eigenvalue weighted by Gasteiger charge is -2.15. The zero-order chi connectivity index (χ0) is 16.1. The lowest BCUT2D eigenvalue weighted by Crippen LogP contribution is -2.35. The number of amides is 1. The molecule has 0 spiro atoms. The van der Waals surface area contributed by atoms with Crippen LogP contribution in [0.15, 0.2) is 30.5 Å². The summed E-state index contributed by atoms with van der Waals surface area (Å²) in [6.07, 6.45) is 2.77. The molecule has 1 heterocycles. The summed E-state index contributed by atoms with van der Waals surface area (Å²) in [6, 6.07) is 5.86. The van der Waals surface area contributed by atoms with Gasteiger partial charge in [0.1, 0.15) is 5.82 Å². The molecule has 0 bridgehead atoms. The zero-order valence-electron chi connectivity index (χ0n) is 12.7. The molecule has 2 rings (SSSR count). The Labute approximate surface area is 128 Å². The van der Waals surface area contributed by atoms with Crippen LogP contribution < -0.4 is 5.32 Å². The number of nitrogens with one attached hydrogen (secondary N) is 1. The average Bonchev–Trinajstić information content (AvgIpc) is 2.89. The number of aromatic nitrogens is 2. The Morgan fingerprint density at radius 1 is 1.41 bits per heavy atom. The highest BCUT2D eigenvalue weighted by molar-refractivity contribution is 5.95. The van der Waals surface area contributed by atoms with Crippen LogP contribution in [-0.4, -0.2) is 33.4 Å². The predicted octanol–water partition coefficient (Wildman–Crippen LogP) is 2.21. The summed E-state index contributed by atoms with van der Waals surface area (Å²) in [7, 11) is 0. The van der Waals surface area contributed by atoms with E-state index in [9.17, 15) is 9.18 Å². The molecule has 0 radical (unpaired) electrons. The van der Waals surface area contributed by atoms with E-state index in [4.69, 9.17) is 5.11 Å². The van der Waals surface area contributed by atoms with Gasteiger partial charge in [-0.15, -0.1) is 0 Å². The number of aliphatic hydroxyl groups is 1. The molecule has 6 heteroatoms. The molecule has 22 heavy (non-hydrogen) atoms. The van der Waals surface area contributed by atoms with E-state index in [1.54, 1.807) is 23.7 Å². The topological polar surface area (TPSA) is 67.2 Å². The van der Waals surface area contributed by atoms with Crippen molar-refractivity contribution in [1.29, 1.82) is 0 Å². The molecule has 1 aromatic carbocycles. The third-order valence-corrected chi connectivity index (χ3v) is 3.63. The summed E-state index contributed by atoms with van der Waals surface area (Å²) < 4.78 is 14.6. The van der Waals surface area contributed by atoms with Gasteiger partial charge in [0.15, 0.2) is 0 Å². The normalized spacial score (nSPS) is 12.2. The highest BCUT2D eigenvalue weighted by atomic mass is 19.1. The minimum atomic E-state index is -0.318. The Balaban J connectivity index is 2.20. The molecule has 0 aliphatic carbocycles. The number of halogens is 1. The van der Waals surface area contributed by atoms with Gasteiger partial charge >= 0.3 is 0 Å². The number of nitrogens with zero attached hydrogens (tertiary/aromatic N) is 2. The molecule has 118 valence electrons. The van der Waals surface area contributed by atoms with Crippen LogP contribution in [0, 0.1) is 12.7 Å². The standard InChI is InChI=1S/C16H20FN3O2/c1-3-13(8-9-21)19-16(22)15-10-18-20(11(15)2)14-6-4-12(17)5-7-14/h4-7,10,13,21H,3,8-9H2,1-2H3,(H,19,22). The van der Waals surface area contributed by atoms with Crippen molar-refractivity contribution < 1.29 is 14.3 Å². The molecule has 0 aliphatic heterocycles. The quantitative estimate of drug-likeness (QED) is 0.860. The zero-order valence-corrected chi connectivity index (χ0v) is 12.7. The van der Waals surface area contributed by atoms with Gasteiger partial charge in [0.25, 0.3) is 5.91 Å². The van der Waals surface area contributed by atoms with Crippen molar-refractivity contribution in [1.82, 2.24) is 15.1 Å². The van der Waals surface area contributed by atoms with Crippen LogP contribution in [0.1, 0.15) is 35.8 Å². The van der Waals surface area contributed by atoms with Crippen molar-refractivity contribution in [2.24, 2.45) is 0 Å². The van der Waals surface area contributed by atoms with Gasteiger partial charge in [0.2, 0.25) is 0 Å². The summed E-state index contributed by atoms with van der Waals surface area (Å²) in [4.78, 5) is 12.3. The van der Waals surface area contributed by atoms with Gasteiger partial charge < -0.3 is 10.4 Å². The second-order valence-electron chi connectivity index (χ2n) is 5.12. The lowest BCUT2D eigenvalue weighted by atomic mass is 10.1. The highest BCUT2D eigenvalue weighted by Gasteiger charge is 2.17. The van der Waals surface area contributed by atoms with Gasteiger partial charge in [-0.05, 0) is 44.0 Å². The van der Waals surface area contributed by atoms with Crippen molar-refractivity contribution in [3.8, 4) is 5.69 Å². The lowest BCUT2D eigenvalue weighted by molar-refractivity contribution is 0.0928. The second-order valence-corrected chi connectivity index (χ2v) is 5.12. The maximum atomic E-state index is 13.0. The molecule has 0 saturated heterocycles. The van der Waals surface area contributed by atoms with Crippen LogP contribution in [0.25, 0.3) is 5.69 Å². The van der Waals surface area contributed by atoms with E-state index in [2.05, 4.69) is 10.4 Å². The fraction of sp³-hybridized carbons (Fsp3) is 0.375. The van der Waals surface area contributed by atoms with Crippen molar-refractivity contribution in [3.05, 3.63) is 47.5 Å². The molecule has 1 unspecified atom stereocenters. The molecule has 1 atom stereocenters. The van der Waals surface area contributed by atoms with Crippen LogP contribution in [0.2, 0.25) is 0 Å². The monoisotopic (exact) mass is 305 g/mol. The van der Waals surface area contributed by atoms with Gasteiger partial charge in [-0.25, -0.2) is 9.07 Å². The van der Waals surface area contributed by atoms with E-state index < -0.39 is 0 Å². The van der Waals surface area contributed by atoms with Gasteiger partial charge in [-0.3, -0.25) is 4.79 Å². The Bertz CT molecular complexity index is 637. The van der Waals surface area contributed by atoms with E-state index in [0.717, 1.165) is 6.42 Å². The van der Waals surface area contributed by atoms with Gasteiger partial charge in [0, 0.05) is 12.6 Å². The van der Waals surface area contributed by atoms with Gasteiger partial charge in [0.05, 0.1) is 23.1 Å². The van der Waals surface area contributed by atoms with Crippen LogP contribution in [0.5, 0.6) is 0 Å². The summed E-state index contributed by atoms with van der Waals surface area (Å²) in [5.41, 5.74) is 1.85. The molecule has 1 amide bonds. The number of benzene rings is 1. The number of aliphatic hydroxyl groups excluding tert-OH is 1. The molecule has 0 aliphatic rings. The number of hydrogen-bond acceptors (Lipinski definition) is 3. The SMILES string of the molecule is CCC(CCO)NC(=O)c1cnn(-c2ccc(F)cc2)c1C. The minimum Gasteiger partial charge on any atom is -0.396 e. The molecular formula is C16H20FN3O2. The van der Waals surface area contributed by atoms with Crippen LogP contribution >= 0.6 is 0 Å². The first-order chi connectivity index (χ1) is 10.6. The predicted molar refractivity (Wildman–Crippen MR) is 81.5 cm³/mol. The van der Waals surface area contributed by atoms with Crippen LogP contribution in [0.3, 0.4) is 0 Å². The largest absolute Gasteiger partial charge is 0.396 e. The summed E-state index contributed by atoms with van der Waals surface area (Å²) in [6.45, 7) is 3.78. The van der Waals surface area contributed by atoms with E-state index in [-0.39, 0.29) is 24.4 Å². The fourth-order valence-electron chi connectivity index (χ4n) is 2.27. The first-order valence-corrected chi connectivity index (χ1v) is 7.29. The summed E-state index contributed by atoms with van der Waals surface area (Å²) in [5.74, 6) is -0.535. The first-order valence-electron chi connectivity index (χ1n) is 7.29. The Morgan fingerprint density at radius 3 is 2.68 bits per heavy atom. The van der Waals surface area contributed by atoms with Crippen LogP contribution in [-0.2, 0) is 0 Å². The smallest absolute Gasteiger partial charge is 0.254 e. The number of carbonyl (C=O) groups excluding carboxylic acids is 1. The minimum absolute atomic E-state index is 0.0343. The average molecular weight is 305 g/mol. The molecule has 2 aromatic rings. The number of carbonyl (C=O) groups is 1. The molecule has 5 nitrogen and oxygen atoms in total. The number of rotatable bonds is 6. The number of hydrogen-bond donors (Lipinski definition) is 2. The highest BCUT2D eigenvalue weighted by Crippen LogP contribution is 2.15. The van der Waals surface area contributed by atoms with Crippen molar-refractivity contribution in [2.45, 2.75) is 32.7 Å². The molecule has 1 aromatic heterocycles. The van der Waals surface area contributed by atoms with Crippen molar-refractivity contribution >= 4 is 5.91 Å². The Morgan fingerprint density at radius 2 is 2.09 bits per heavy atom. The van der Waals surface area contributed by atoms with E-state index in [1.165, 1.54) is 18.3 Å². The van der Waals surface area contributed by atoms with Crippen LogP contribution in [0.4, 0.5) is 4.39 Å². The molecule has 2 N–H and O–H groups in total. The first kappa shape index (κ1) is 16.2. The molecular weight excluding hydrogens is 285 g/mol. The van der Waals surface area contributed by atoms with E-state index in [0.29, 0.717) is 23.4 Å². The second kappa shape index (κ2) is 7.17. The third-order valence-electron chi connectivity index (χ3n) is 3.63. The molecule has 0 fully saturated rings. The maximum Gasteiger partial charge on any atom is 0.254 e. The third kappa shape index (κ3) is 3.51. The Hall–Kier alpha value is -2.21.